The molecular formula is C43H75N7O15. The van der Waals surface area contributed by atoms with Crippen LogP contribution in [0.5, 0.6) is 0 Å². The first-order valence-electron chi connectivity index (χ1n) is 21.8. The Morgan fingerprint density at radius 1 is 0.569 bits per heavy atom. The quantitative estimate of drug-likeness (QED) is 0.0396. The van der Waals surface area contributed by atoms with Crippen LogP contribution in [0.15, 0.2) is 0 Å². The summed E-state index contributed by atoms with van der Waals surface area (Å²) in [5.41, 5.74) is -4.46. The maximum absolute atomic E-state index is 14.3. The van der Waals surface area contributed by atoms with Crippen LogP contribution >= 0.6 is 0 Å². The fraction of sp³-hybridized carbons (Fsp3) is 0.767. The number of ether oxygens (including phenoxy) is 4. The first-order valence-corrected chi connectivity index (χ1v) is 21.8. The number of nitrogens with one attached hydrogen (secondary N) is 7. The zero-order valence-electron chi connectivity index (χ0n) is 40.4. The van der Waals surface area contributed by atoms with Gasteiger partial charge in [0, 0.05) is 19.3 Å². The van der Waals surface area contributed by atoms with Crippen molar-refractivity contribution in [2.45, 2.75) is 180 Å². The number of amides is 7. The SMILES string of the molecule is CCC[C@](CC)(NC(=O)C(C)(C)NC(=O)[C@H](CCC(=O)OC)NC(=O)[C@H](CCC(=O)OC)NC(=O)OC(C)(C)C)C(=O)N[C@@H](CCC(=O)OC)C(=O)N[C@@H](C)C(=O)N[C@H](CO)CC(C)C. The van der Waals surface area contributed by atoms with Crippen molar-refractivity contribution in [1.29, 1.82) is 0 Å². The summed E-state index contributed by atoms with van der Waals surface area (Å²) in [6.07, 6.45) is -1.94. The van der Waals surface area contributed by atoms with E-state index < -0.39 is 106 Å². The summed E-state index contributed by atoms with van der Waals surface area (Å²) in [5.74, 6) is -6.90. The standard InChI is InChI=1S/C43H75N7O15/c1-14-22-43(15-2,39(60)47-28(16-19-31(52)62-11)35(56)44-26(5)34(55)45-27(24-51)23-25(3)4)50-38(59)42(9,10)49-37(58)30(18-21-33(54)64-13)46-36(57)29(17-20-32(53)63-12)48-40(61)65-41(6,7)8/h25-30,51H,14-24H2,1-13H3,(H,44,56)(H,45,55)(H,46,57)(H,47,60)(H,48,61)(H,49,58)(H,50,59)/t26-,27-,28-,29-,30-,43-/m0/s1. The molecule has 0 heterocycles. The van der Waals surface area contributed by atoms with E-state index in [0.29, 0.717) is 12.8 Å². The molecule has 8 N–H and O–H groups in total. The fourth-order valence-corrected chi connectivity index (χ4v) is 6.28. The Labute approximate surface area is 382 Å². The highest BCUT2D eigenvalue weighted by Gasteiger charge is 2.44. The van der Waals surface area contributed by atoms with Crippen LogP contribution in [0.1, 0.15) is 133 Å². The number of hydrogen-bond acceptors (Lipinski definition) is 15. The van der Waals surface area contributed by atoms with Gasteiger partial charge in [0.15, 0.2) is 0 Å². The van der Waals surface area contributed by atoms with Crippen molar-refractivity contribution in [1.82, 2.24) is 37.2 Å². The highest BCUT2D eigenvalue weighted by Crippen LogP contribution is 2.21. The van der Waals surface area contributed by atoms with Gasteiger partial charge in [-0.2, -0.15) is 0 Å². The van der Waals surface area contributed by atoms with Crippen molar-refractivity contribution in [3.05, 3.63) is 0 Å². The molecule has 22 heteroatoms. The first-order chi connectivity index (χ1) is 30.1. The number of aliphatic hydroxyl groups is 1. The predicted molar refractivity (Wildman–Crippen MR) is 235 cm³/mol. The lowest BCUT2D eigenvalue weighted by Crippen LogP contribution is -2.67. The smallest absolute Gasteiger partial charge is 0.408 e. The van der Waals surface area contributed by atoms with Gasteiger partial charge in [-0.3, -0.25) is 43.2 Å². The van der Waals surface area contributed by atoms with Crippen LogP contribution in [0.3, 0.4) is 0 Å². The third-order valence-electron chi connectivity index (χ3n) is 10.0. The topological polar surface area (TPSA) is 312 Å². The number of alkyl carbamates (subject to hydrolysis) is 1. The Bertz CT molecular complexity index is 1650. The van der Waals surface area contributed by atoms with Crippen molar-refractivity contribution in [3.63, 3.8) is 0 Å². The van der Waals surface area contributed by atoms with E-state index in [1.807, 2.05) is 13.8 Å². The van der Waals surface area contributed by atoms with Crippen molar-refractivity contribution in [2.24, 2.45) is 5.92 Å². The molecule has 0 rings (SSSR count). The van der Waals surface area contributed by atoms with E-state index in [1.165, 1.54) is 20.8 Å². The van der Waals surface area contributed by atoms with Crippen LogP contribution in [0.2, 0.25) is 0 Å². The highest BCUT2D eigenvalue weighted by molar-refractivity contribution is 6.00. The normalized spacial score (nSPS) is 14.6. The van der Waals surface area contributed by atoms with E-state index >= 15 is 0 Å². The monoisotopic (exact) mass is 930 g/mol. The Morgan fingerprint density at radius 2 is 1.03 bits per heavy atom. The van der Waals surface area contributed by atoms with E-state index in [2.05, 4.69) is 42.0 Å². The Kier molecular flexibility index (Phi) is 26.0. The molecule has 0 aliphatic carbocycles. The molecule has 0 fully saturated rings. The lowest BCUT2D eigenvalue weighted by atomic mass is 9.87. The molecule has 6 atom stereocenters. The molecule has 0 saturated heterocycles. The highest BCUT2D eigenvalue weighted by atomic mass is 16.6. The summed E-state index contributed by atoms with van der Waals surface area (Å²) in [6, 6.07) is -6.01. The Morgan fingerprint density at radius 3 is 1.45 bits per heavy atom. The Hall–Kier alpha value is -5.54. The molecule has 22 nitrogen and oxygen atoms in total. The number of hydrogen-bond donors (Lipinski definition) is 8. The Balaban J connectivity index is 6.58. The number of rotatable bonds is 28. The molecule has 0 aliphatic rings. The minimum Gasteiger partial charge on any atom is -0.469 e. The van der Waals surface area contributed by atoms with E-state index in [1.54, 1.807) is 34.6 Å². The van der Waals surface area contributed by atoms with E-state index in [4.69, 9.17) is 14.2 Å². The molecule has 0 bridgehead atoms. The lowest BCUT2D eigenvalue weighted by molar-refractivity contribution is -0.143. The number of carbonyl (C=O) groups excluding carboxylic acids is 10. The van der Waals surface area contributed by atoms with E-state index in [-0.39, 0.29) is 63.9 Å². The average molecular weight is 930 g/mol. The molecule has 7 amide bonds. The van der Waals surface area contributed by atoms with Crippen molar-refractivity contribution < 1.29 is 72.0 Å². The third kappa shape index (κ3) is 22.3. The zero-order chi connectivity index (χ0) is 50.3. The van der Waals surface area contributed by atoms with Crippen LogP contribution in [0.25, 0.3) is 0 Å². The fourth-order valence-electron chi connectivity index (χ4n) is 6.28. The van der Waals surface area contributed by atoms with Crippen LogP contribution in [0, 0.1) is 5.92 Å². The largest absolute Gasteiger partial charge is 0.469 e. The average Bonchev–Trinajstić information content (AvgIpc) is 3.22. The minimum absolute atomic E-state index is 0.0135. The van der Waals surface area contributed by atoms with Crippen LogP contribution in [-0.4, -0.2) is 139 Å². The van der Waals surface area contributed by atoms with Gasteiger partial charge in [-0.25, -0.2) is 4.79 Å². The summed E-state index contributed by atoms with van der Waals surface area (Å²) in [6.45, 7) is 15.7. The molecule has 0 unspecified atom stereocenters. The molecule has 0 aliphatic heterocycles. The lowest BCUT2D eigenvalue weighted by Gasteiger charge is -2.37. The molecule has 0 aromatic heterocycles. The molecule has 0 aromatic carbocycles. The number of esters is 3. The van der Waals surface area contributed by atoms with Crippen LogP contribution in [-0.2, 0) is 62.1 Å². The number of carbonyl (C=O) groups is 10. The van der Waals surface area contributed by atoms with E-state index in [0.717, 1.165) is 21.3 Å². The van der Waals surface area contributed by atoms with Gasteiger partial charge in [-0.1, -0.05) is 34.1 Å². The summed E-state index contributed by atoms with van der Waals surface area (Å²) < 4.78 is 19.4. The summed E-state index contributed by atoms with van der Waals surface area (Å²) in [7, 11) is 3.42. The van der Waals surface area contributed by atoms with Gasteiger partial charge < -0.3 is 61.3 Å². The van der Waals surface area contributed by atoms with Gasteiger partial charge in [0.1, 0.15) is 40.8 Å². The molecule has 0 aromatic rings. The van der Waals surface area contributed by atoms with Crippen LogP contribution in [0.4, 0.5) is 4.79 Å². The molecule has 0 radical (unpaired) electrons. The molecular weight excluding hydrogens is 855 g/mol. The third-order valence-corrected chi connectivity index (χ3v) is 10.0. The van der Waals surface area contributed by atoms with Gasteiger partial charge in [0.25, 0.3) is 0 Å². The van der Waals surface area contributed by atoms with Crippen molar-refractivity contribution in [3.8, 4) is 0 Å². The maximum atomic E-state index is 14.3. The molecule has 65 heavy (non-hydrogen) atoms. The second-order valence-corrected chi connectivity index (χ2v) is 17.6. The van der Waals surface area contributed by atoms with Gasteiger partial charge in [-0.05, 0) is 86.0 Å². The zero-order valence-corrected chi connectivity index (χ0v) is 40.4. The van der Waals surface area contributed by atoms with Crippen molar-refractivity contribution >= 4 is 59.4 Å². The minimum atomic E-state index is -1.81. The van der Waals surface area contributed by atoms with Gasteiger partial charge in [0.05, 0.1) is 34.0 Å². The summed E-state index contributed by atoms with van der Waals surface area (Å²) in [5, 5.41) is 27.7. The summed E-state index contributed by atoms with van der Waals surface area (Å²) in [4.78, 5) is 131. The maximum Gasteiger partial charge on any atom is 0.408 e. The molecule has 0 saturated carbocycles. The second-order valence-electron chi connectivity index (χ2n) is 17.6. The van der Waals surface area contributed by atoms with Gasteiger partial charge in [-0.15, -0.1) is 0 Å². The first kappa shape index (κ1) is 59.5. The van der Waals surface area contributed by atoms with Crippen molar-refractivity contribution in [2.75, 3.05) is 27.9 Å². The van der Waals surface area contributed by atoms with Gasteiger partial charge in [0.2, 0.25) is 35.4 Å². The number of aliphatic hydroxyl groups excluding tert-OH is 1. The molecule has 0 spiro atoms. The predicted octanol–water partition coefficient (Wildman–Crippen LogP) is 0.697. The molecule has 372 valence electrons. The number of methoxy groups -OCH3 is 3. The van der Waals surface area contributed by atoms with E-state index in [9.17, 15) is 53.1 Å². The van der Waals surface area contributed by atoms with Crippen LogP contribution < -0.4 is 37.2 Å². The second kappa shape index (κ2) is 28.4. The van der Waals surface area contributed by atoms with Gasteiger partial charge >= 0.3 is 24.0 Å². The summed E-state index contributed by atoms with van der Waals surface area (Å²) >= 11 is 0.